The zero-order valence-corrected chi connectivity index (χ0v) is 16.7. The molecule has 0 radical (unpaired) electrons. The highest BCUT2D eigenvalue weighted by atomic mass is 35.5. The molecule has 0 aromatic heterocycles. The third-order valence-electron chi connectivity index (χ3n) is 4.31. The average molecular weight is 420 g/mol. The van der Waals surface area contributed by atoms with Gasteiger partial charge in [-0.15, -0.1) is 0 Å². The number of para-hydroxylation sites is 1. The summed E-state index contributed by atoms with van der Waals surface area (Å²) < 4.78 is 37.3. The van der Waals surface area contributed by atoms with E-state index in [-0.39, 0.29) is 6.54 Å². The normalized spacial score (nSPS) is 15.6. The molecule has 1 amide bonds. The number of hydrogen-bond acceptors (Lipinski definition) is 3. The van der Waals surface area contributed by atoms with Crippen molar-refractivity contribution >= 4 is 29.2 Å². The molecule has 0 atom stereocenters. The van der Waals surface area contributed by atoms with Gasteiger partial charge in [-0.3, -0.25) is 4.79 Å². The van der Waals surface area contributed by atoms with Crippen molar-refractivity contribution in [3.63, 3.8) is 0 Å². The minimum Gasteiger partial charge on any atom is -0.367 e. The largest absolute Gasteiger partial charge is 0.406 e. The van der Waals surface area contributed by atoms with Crippen LogP contribution in [0.2, 0.25) is 5.02 Å². The second-order valence-corrected chi connectivity index (χ2v) is 6.87. The van der Waals surface area contributed by atoms with Crippen LogP contribution in [0.25, 0.3) is 0 Å². The molecule has 10 heteroatoms. The Labute approximate surface area is 167 Å². The van der Waals surface area contributed by atoms with E-state index in [0.717, 1.165) is 25.8 Å². The van der Waals surface area contributed by atoms with E-state index >= 15 is 0 Å². The van der Waals surface area contributed by atoms with E-state index < -0.39 is 18.6 Å². The maximum Gasteiger partial charge on any atom is 0.406 e. The fraction of sp³-hybridized carbons (Fsp3) is 0.556. The molecule has 1 aromatic rings. The quantitative estimate of drug-likeness (QED) is 0.588. The van der Waals surface area contributed by atoms with Gasteiger partial charge in [-0.05, 0) is 19.1 Å². The lowest BCUT2D eigenvalue weighted by atomic mass is 10.2. The number of aliphatic imine (C=N–C) groups is 1. The average Bonchev–Trinajstić information content (AvgIpc) is 2.64. The molecule has 1 heterocycles. The Hall–Kier alpha value is -2.16. The highest BCUT2D eigenvalue weighted by Gasteiger charge is 2.31. The number of piperazine rings is 1. The molecule has 6 nitrogen and oxygen atoms in total. The summed E-state index contributed by atoms with van der Waals surface area (Å²) in [5, 5.41) is 3.79. The molecule has 1 fully saturated rings. The van der Waals surface area contributed by atoms with Crippen LogP contribution in [0.4, 0.5) is 18.9 Å². The van der Waals surface area contributed by atoms with E-state index in [4.69, 9.17) is 11.6 Å². The number of rotatable bonds is 5. The summed E-state index contributed by atoms with van der Waals surface area (Å²) in [6.45, 7) is 3.62. The number of benzene rings is 1. The summed E-state index contributed by atoms with van der Waals surface area (Å²) in [4.78, 5) is 21.0. The maximum atomic E-state index is 12.4. The van der Waals surface area contributed by atoms with Crippen LogP contribution >= 0.6 is 11.6 Å². The molecule has 1 aromatic carbocycles. The molecule has 0 aliphatic carbocycles. The van der Waals surface area contributed by atoms with Gasteiger partial charge in [0.25, 0.3) is 0 Å². The Morgan fingerprint density at radius 2 is 1.89 bits per heavy atom. The molecule has 2 rings (SSSR count). The van der Waals surface area contributed by atoms with Crippen LogP contribution in [0.5, 0.6) is 0 Å². The Morgan fingerprint density at radius 1 is 1.25 bits per heavy atom. The molecule has 1 aliphatic rings. The SMILES string of the molecule is CCNC(=NCC(=O)N(C)CC(F)(F)F)N1CCN(c2ccccc2Cl)CC1. The van der Waals surface area contributed by atoms with Gasteiger partial charge >= 0.3 is 6.18 Å². The number of alkyl halides is 3. The molecule has 1 saturated heterocycles. The molecule has 0 spiro atoms. The second-order valence-electron chi connectivity index (χ2n) is 6.46. The van der Waals surface area contributed by atoms with Crippen molar-refractivity contribution in [3.05, 3.63) is 29.3 Å². The van der Waals surface area contributed by atoms with Gasteiger partial charge in [0.15, 0.2) is 5.96 Å². The molecular formula is C18H25ClF3N5O. The molecule has 0 bridgehead atoms. The van der Waals surface area contributed by atoms with Crippen molar-refractivity contribution < 1.29 is 18.0 Å². The van der Waals surface area contributed by atoms with Crippen LogP contribution in [0.15, 0.2) is 29.3 Å². The predicted octanol–water partition coefficient (Wildman–Crippen LogP) is 2.45. The Bertz CT molecular complexity index is 690. The van der Waals surface area contributed by atoms with Gasteiger partial charge in [0.1, 0.15) is 13.1 Å². The zero-order valence-electron chi connectivity index (χ0n) is 16.0. The smallest absolute Gasteiger partial charge is 0.367 e. The molecule has 1 N–H and O–H groups in total. The number of guanidine groups is 1. The van der Waals surface area contributed by atoms with Crippen molar-refractivity contribution in [2.45, 2.75) is 13.1 Å². The molecule has 28 heavy (non-hydrogen) atoms. The number of nitrogens with one attached hydrogen (secondary N) is 1. The summed E-state index contributed by atoms with van der Waals surface area (Å²) in [5.41, 5.74) is 0.967. The van der Waals surface area contributed by atoms with E-state index in [1.54, 1.807) is 0 Å². The van der Waals surface area contributed by atoms with Crippen LogP contribution in [0, 0.1) is 0 Å². The topological polar surface area (TPSA) is 51.2 Å². The van der Waals surface area contributed by atoms with Gasteiger partial charge in [0, 0.05) is 39.8 Å². The first-order chi connectivity index (χ1) is 13.2. The minimum absolute atomic E-state index is 0.334. The Kier molecular flexibility index (Phi) is 7.79. The molecular weight excluding hydrogens is 395 g/mol. The number of amides is 1. The number of likely N-dealkylation sites (N-methyl/N-ethyl adjacent to an activating group) is 1. The van der Waals surface area contributed by atoms with E-state index in [1.807, 2.05) is 36.1 Å². The summed E-state index contributed by atoms with van der Waals surface area (Å²) >= 11 is 6.25. The lowest BCUT2D eigenvalue weighted by Crippen LogP contribution is -2.53. The van der Waals surface area contributed by atoms with Gasteiger partial charge in [-0.2, -0.15) is 13.2 Å². The van der Waals surface area contributed by atoms with Crippen molar-refractivity contribution in [1.82, 2.24) is 15.1 Å². The fourth-order valence-corrected chi connectivity index (χ4v) is 3.17. The second kappa shape index (κ2) is 9.86. The third kappa shape index (κ3) is 6.47. The van der Waals surface area contributed by atoms with Crippen molar-refractivity contribution in [2.24, 2.45) is 4.99 Å². The molecule has 1 aliphatic heterocycles. The number of carbonyl (C=O) groups excluding carboxylic acids is 1. The van der Waals surface area contributed by atoms with Gasteiger partial charge in [0.05, 0.1) is 10.7 Å². The number of hydrogen-bond donors (Lipinski definition) is 1. The van der Waals surface area contributed by atoms with E-state index in [9.17, 15) is 18.0 Å². The molecule has 0 unspecified atom stereocenters. The summed E-state index contributed by atoms with van der Waals surface area (Å²) in [6.07, 6.45) is -4.42. The first-order valence-corrected chi connectivity index (χ1v) is 9.42. The molecule has 0 saturated carbocycles. The van der Waals surface area contributed by atoms with Crippen LogP contribution in [-0.4, -0.2) is 80.7 Å². The zero-order chi connectivity index (χ0) is 20.7. The number of anilines is 1. The number of nitrogens with zero attached hydrogens (tertiary/aromatic N) is 4. The van der Waals surface area contributed by atoms with Crippen molar-refractivity contribution in [3.8, 4) is 0 Å². The van der Waals surface area contributed by atoms with E-state index in [1.165, 1.54) is 0 Å². The molecule has 156 valence electrons. The maximum absolute atomic E-state index is 12.4. The standard InChI is InChI=1S/C18H25ClF3N5O/c1-3-23-17(24-12-16(28)25(2)13-18(20,21)22)27-10-8-26(9-11-27)15-7-5-4-6-14(15)19/h4-7H,3,8-13H2,1-2H3,(H,23,24). The van der Waals surface area contributed by atoms with Gasteiger partial charge in [0.2, 0.25) is 5.91 Å². The van der Waals surface area contributed by atoms with E-state index in [2.05, 4.69) is 15.2 Å². The Morgan fingerprint density at radius 3 is 2.46 bits per heavy atom. The Balaban J connectivity index is 1.96. The van der Waals surface area contributed by atoms with Gasteiger partial charge in [-0.1, -0.05) is 23.7 Å². The first kappa shape index (κ1) is 22.1. The van der Waals surface area contributed by atoms with Gasteiger partial charge in [-0.25, -0.2) is 4.99 Å². The van der Waals surface area contributed by atoms with Crippen molar-refractivity contribution in [1.29, 1.82) is 0 Å². The third-order valence-corrected chi connectivity index (χ3v) is 4.63. The van der Waals surface area contributed by atoms with Crippen LogP contribution in [-0.2, 0) is 4.79 Å². The lowest BCUT2D eigenvalue weighted by Gasteiger charge is -2.38. The van der Waals surface area contributed by atoms with Gasteiger partial charge < -0.3 is 20.0 Å². The van der Waals surface area contributed by atoms with Crippen LogP contribution < -0.4 is 10.2 Å². The first-order valence-electron chi connectivity index (χ1n) is 9.04. The van der Waals surface area contributed by atoms with Crippen molar-refractivity contribution in [2.75, 3.05) is 57.8 Å². The summed E-state index contributed by atoms with van der Waals surface area (Å²) in [5.74, 6) is -0.155. The minimum atomic E-state index is -4.42. The van der Waals surface area contributed by atoms with Crippen LogP contribution in [0.1, 0.15) is 6.92 Å². The predicted molar refractivity (Wildman–Crippen MR) is 105 cm³/mol. The lowest BCUT2D eigenvalue weighted by molar-refractivity contribution is -0.157. The highest BCUT2D eigenvalue weighted by Crippen LogP contribution is 2.26. The number of carbonyl (C=O) groups is 1. The monoisotopic (exact) mass is 419 g/mol. The summed E-state index contributed by atoms with van der Waals surface area (Å²) in [7, 11) is 1.13. The van der Waals surface area contributed by atoms with E-state index in [0.29, 0.717) is 35.5 Å². The highest BCUT2D eigenvalue weighted by molar-refractivity contribution is 6.33. The number of halogens is 4. The summed E-state index contributed by atoms with van der Waals surface area (Å²) in [6, 6.07) is 7.62. The van der Waals surface area contributed by atoms with Crippen LogP contribution in [0.3, 0.4) is 0 Å². The fourth-order valence-electron chi connectivity index (χ4n) is 2.91.